The number of ether oxygens (including phenoxy) is 1. The maximum atomic E-state index is 11.9. The SMILES string of the molecule is CCOC(C)(C)CNC(=O)C1CCNC1C. The molecular weight excluding hydrogens is 204 g/mol. The summed E-state index contributed by atoms with van der Waals surface area (Å²) in [7, 11) is 0. The lowest BCUT2D eigenvalue weighted by Crippen LogP contribution is -2.44. The molecule has 0 aromatic heterocycles. The van der Waals surface area contributed by atoms with E-state index in [1.165, 1.54) is 0 Å². The van der Waals surface area contributed by atoms with Gasteiger partial charge in [0.25, 0.3) is 0 Å². The second-order valence-corrected chi connectivity index (χ2v) is 5.05. The lowest BCUT2D eigenvalue weighted by molar-refractivity contribution is -0.126. The van der Waals surface area contributed by atoms with E-state index in [-0.39, 0.29) is 23.5 Å². The number of amides is 1. The highest BCUT2D eigenvalue weighted by molar-refractivity contribution is 5.79. The molecule has 1 aliphatic heterocycles. The van der Waals surface area contributed by atoms with Gasteiger partial charge in [-0.3, -0.25) is 4.79 Å². The average Bonchev–Trinajstić information content (AvgIpc) is 2.61. The summed E-state index contributed by atoms with van der Waals surface area (Å²) in [4.78, 5) is 11.9. The molecule has 2 N–H and O–H groups in total. The summed E-state index contributed by atoms with van der Waals surface area (Å²) in [6.07, 6.45) is 0.933. The van der Waals surface area contributed by atoms with Gasteiger partial charge in [-0.25, -0.2) is 0 Å². The lowest BCUT2D eigenvalue weighted by atomic mass is 10.0. The highest BCUT2D eigenvalue weighted by Gasteiger charge is 2.30. The van der Waals surface area contributed by atoms with Crippen molar-refractivity contribution in [2.45, 2.75) is 45.8 Å². The van der Waals surface area contributed by atoms with Gasteiger partial charge in [0.2, 0.25) is 5.91 Å². The Bertz CT molecular complexity index is 241. The van der Waals surface area contributed by atoms with Crippen molar-refractivity contribution < 1.29 is 9.53 Å². The zero-order valence-corrected chi connectivity index (χ0v) is 10.8. The largest absolute Gasteiger partial charge is 0.374 e. The summed E-state index contributed by atoms with van der Waals surface area (Å²) in [6.45, 7) is 10.2. The van der Waals surface area contributed by atoms with Gasteiger partial charge >= 0.3 is 0 Å². The Kier molecular flexibility index (Phi) is 4.74. The number of hydrogen-bond donors (Lipinski definition) is 2. The van der Waals surface area contributed by atoms with Gasteiger partial charge in [-0.05, 0) is 40.7 Å². The fourth-order valence-electron chi connectivity index (χ4n) is 2.09. The maximum absolute atomic E-state index is 11.9. The number of rotatable bonds is 5. The fourth-order valence-corrected chi connectivity index (χ4v) is 2.09. The first kappa shape index (κ1) is 13.5. The van der Waals surface area contributed by atoms with Crippen LogP contribution in [0.1, 0.15) is 34.1 Å². The second kappa shape index (κ2) is 5.64. The summed E-state index contributed by atoms with van der Waals surface area (Å²) < 4.78 is 5.54. The first-order chi connectivity index (χ1) is 7.46. The molecule has 0 aliphatic carbocycles. The van der Waals surface area contributed by atoms with Crippen LogP contribution in [0.15, 0.2) is 0 Å². The molecule has 0 aromatic rings. The van der Waals surface area contributed by atoms with Crippen LogP contribution in [0.2, 0.25) is 0 Å². The van der Waals surface area contributed by atoms with Crippen molar-refractivity contribution in [3.63, 3.8) is 0 Å². The maximum Gasteiger partial charge on any atom is 0.224 e. The average molecular weight is 228 g/mol. The minimum absolute atomic E-state index is 0.109. The van der Waals surface area contributed by atoms with Gasteiger partial charge < -0.3 is 15.4 Å². The van der Waals surface area contributed by atoms with Crippen molar-refractivity contribution in [3.8, 4) is 0 Å². The van der Waals surface area contributed by atoms with Crippen LogP contribution in [0, 0.1) is 5.92 Å². The van der Waals surface area contributed by atoms with Crippen LogP contribution in [0.25, 0.3) is 0 Å². The highest BCUT2D eigenvalue weighted by Crippen LogP contribution is 2.15. The Morgan fingerprint density at radius 2 is 2.25 bits per heavy atom. The Hall–Kier alpha value is -0.610. The Morgan fingerprint density at radius 1 is 1.56 bits per heavy atom. The van der Waals surface area contributed by atoms with Crippen LogP contribution in [0.5, 0.6) is 0 Å². The normalized spacial score (nSPS) is 25.8. The van der Waals surface area contributed by atoms with Gasteiger partial charge in [-0.2, -0.15) is 0 Å². The summed E-state index contributed by atoms with van der Waals surface area (Å²) in [5.74, 6) is 0.253. The molecule has 4 heteroatoms. The van der Waals surface area contributed by atoms with Crippen molar-refractivity contribution in [3.05, 3.63) is 0 Å². The van der Waals surface area contributed by atoms with E-state index in [9.17, 15) is 4.79 Å². The molecule has 16 heavy (non-hydrogen) atoms. The van der Waals surface area contributed by atoms with E-state index in [2.05, 4.69) is 17.6 Å². The molecule has 94 valence electrons. The Morgan fingerprint density at radius 3 is 2.75 bits per heavy atom. The molecule has 4 nitrogen and oxygen atoms in total. The van der Waals surface area contributed by atoms with Crippen LogP contribution >= 0.6 is 0 Å². The third kappa shape index (κ3) is 3.76. The molecule has 0 radical (unpaired) electrons. The van der Waals surface area contributed by atoms with Crippen LogP contribution in [-0.2, 0) is 9.53 Å². The third-order valence-corrected chi connectivity index (χ3v) is 3.09. The van der Waals surface area contributed by atoms with Crippen molar-refractivity contribution in [2.24, 2.45) is 5.92 Å². The number of carbonyl (C=O) groups excluding carboxylic acids is 1. The van der Waals surface area contributed by atoms with Crippen LogP contribution < -0.4 is 10.6 Å². The second-order valence-electron chi connectivity index (χ2n) is 5.05. The Balaban J connectivity index is 2.34. The van der Waals surface area contributed by atoms with Gasteiger partial charge in [-0.1, -0.05) is 0 Å². The molecule has 1 heterocycles. The lowest BCUT2D eigenvalue weighted by Gasteiger charge is -2.26. The molecule has 0 aromatic carbocycles. The van der Waals surface area contributed by atoms with Gasteiger partial charge in [-0.15, -0.1) is 0 Å². The van der Waals surface area contributed by atoms with E-state index in [4.69, 9.17) is 4.74 Å². The molecule has 0 spiro atoms. The quantitative estimate of drug-likeness (QED) is 0.735. The van der Waals surface area contributed by atoms with Crippen LogP contribution in [0.3, 0.4) is 0 Å². The predicted molar refractivity (Wildman–Crippen MR) is 64.3 cm³/mol. The first-order valence-corrected chi connectivity index (χ1v) is 6.11. The Labute approximate surface area is 98.1 Å². The summed E-state index contributed by atoms with van der Waals surface area (Å²) in [5, 5.41) is 6.26. The molecule has 1 aliphatic rings. The van der Waals surface area contributed by atoms with Crippen molar-refractivity contribution in [1.29, 1.82) is 0 Å². The predicted octanol–water partition coefficient (Wildman–Crippen LogP) is 0.916. The minimum atomic E-state index is -0.278. The fraction of sp³-hybridized carbons (Fsp3) is 0.917. The molecule has 0 saturated carbocycles. The van der Waals surface area contributed by atoms with Crippen molar-refractivity contribution >= 4 is 5.91 Å². The molecule has 1 fully saturated rings. The zero-order valence-electron chi connectivity index (χ0n) is 10.8. The molecule has 2 atom stereocenters. The van der Waals surface area contributed by atoms with E-state index >= 15 is 0 Å². The molecule has 0 bridgehead atoms. The van der Waals surface area contributed by atoms with E-state index in [1.807, 2.05) is 20.8 Å². The number of hydrogen-bond acceptors (Lipinski definition) is 3. The summed E-state index contributed by atoms with van der Waals surface area (Å²) in [5.41, 5.74) is -0.278. The monoisotopic (exact) mass is 228 g/mol. The molecular formula is C12H24N2O2. The van der Waals surface area contributed by atoms with E-state index in [0.29, 0.717) is 13.2 Å². The highest BCUT2D eigenvalue weighted by atomic mass is 16.5. The smallest absolute Gasteiger partial charge is 0.224 e. The van der Waals surface area contributed by atoms with Crippen LogP contribution in [-0.4, -0.2) is 37.2 Å². The number of carbonyl (C=O) groups is 1. The van der Waals surface area contributed by atoms with Crippen molar-refractivity contribution in [2.75, 3.05) is 19.7 Å². The molecule has 1 amide bonds. The minimum Gasteiger partial charge on any atom is -0.374 e. The van der Waals surface area contributed by atoms with Gasteiger partial charge in [0.05, 0.1) is 11.5 Å². The first-order valence-electron chi connectivity index (χ1n) is 6.11. The zero-order chi connectivity index (χ0) is 12.2. The third-order valence-electron chi connectivity index (χ3n) is 3.09. The van der Waals surface area contributed by atoms with Crippen LogP contribution in [0.4, 0.5) is 0 Å². The molecule has 2 unspecified atom stereocenters. The summed E-state index contributed by atoms with van der Waals surface area (Å²) >= 11 is 0. The van der Waals surface area contributed by atoms with E-state index in [0.717, 1.165) is 13.0 Å². The molecule has 1 rings (SSSR count). The topological polar surface area (TPSA) is 50.4 Å². The van der Waals surface area contributed by atoms with Gasteiger partial charge in [0.15, 0.2) is 0 Å². The van der Waals surface area contributed by atoms with Gasteiger partial charge in [0.1, 0.15) is 0 Å². The van der Waals surface area contributed by atoms with E-state index in [1.54, 1.807) is 0 Å². The summed E-state index contributed by atoms with van der Waals surface area (Å²) in [6, 6.07) is 0.287. The van der Waals surface area contributed by atoms with Gasteiger partial charge in [0, 0.05) is 19.2 Å². The van der Waals surface area contributed by atoms with E-state index < -0.39 is 0 Å². The number of nitrogens with one attached hydrogen (secondary N) is 2. The van der Waals surface area contributed by atoms with Crippen molar-refractivity contribution in [1.82, 2.24) is 10.6 Å². The standard InChI is InChI=1S/C12H24N2O2/c1-5-16-12(3,4)8-14-11(15)10-6-7-13-9(10)2/h9-10,13H,5-8H2,1-4H3,(H,14,15). The molecule has 1 saturated heterocycles.